The zero-order valence-corrected chi connectivity index (χ0v) is 11.5. The lowest BCUT2D eigenvalue weighted by atomic mass is 10.3. The van der Waals surface area contributed by atoms with Crippen molar-refractivity contribution in [2.45, 2.75) is 6.92 Å². The van der Waals surface area contributed by atoms with Gasteiger partial charge in [-0.1, -0.05) is 18.2 Å². The van der Waals surface area contributed by atoms with Gasteiger partial charge in [0.1, 0.15) is 11.3 Å². The molecule has 0 aliphatic heterocycles. The van der Waals surface area contributed by atoms with Gasteiger partial charge in [-0.3, -0.25) is 4.79 Å². The van der Waals surface area contributed by atoms with Crippen LogP contribution in [0.4, 0.5) is 5.69 Å². The Morgan fingerprint density at radius 1 is 1.24 bits per heavy atom. The third-order valence-electron chi connectivity index (χ3n) is 2.89. The van der Waals surface area contributed by atoms with Crippen LogP contribution in [-0.4, -0.2) is 17.5 Å². The molecule has 0 saturated heterocycles. The number of hydrogen-bond donors (Lipinski definition) is 1. The van der Waals surface area contributed by atoms with Crippen LogP contribution in [0.15, 0.2) is 52.9 Å². The van der Waals surface area contributed by atoms with Gasteiger partial charge in [-0.25, -0.2) is 4.98 Å². The van der Waals surface area contributed by atoms with Crippen molar-refractivity contribution in [1.82, 2.24) is 4.98 Å². The van der Waals surface area contributed by atoms with Gasteiger partial charge >= 0.3 is 0 Å². The van der Waals surface area contributed by atoms with Crippen LogP contribution in [0, 0.1) is 6.92 Å². The third-order valence-corrected chi connectivity index (χ3v) is 2.89. The van der Waals surface area contributed by atoms with Gasteiger partial charge in [-0.15, -0.1) is 0 Å². The molecule has 106 valence electrons. The molecule has 1 amide bonds. The van der Waals surface area contributed by atoms with Gasteiger partial charge in [0.05, 0.1) is 0 Å². The zero-order chi connectivity index (χ0) is 14.7. The molecular formula is C16H14N2O3. The first-order chi connectivity index (χ1) is 10.2. The van der Waals surface area contributed by atoms with Crippen LogP contribution in [-0.2, 0) is 4.79 Å². The summed E-state index contributed by atoms with van der Waals surface area (Å²) in [4.78, 5) is 16.1. The second-order valence-electron chi connectivity index (χ2n) is 4.57. The molecule has 0 radical (unpaired) electrons. The Hall–Kier alpha value is -2.82. The number of oxazole rings is 1. The Kier molecular flexibility index (Phi) is 3.55. The van der Waals surface area contributed by atoms with E-state index < -0.39 is 0 Å². The second kappa shape index (κ2) is 5.66. The van der Waals surface area contributed by atoms with Crippen LogP contribution < -0.4 is 10.1 Å². The van der Waals surface area contributed by atoms with Crippen LogP contribution >= 0.6 is 0 Å². The zero-order valence-electron chi connectivity index (χ0n) is 11.5. The number of rotatable bonds is 4. The van der Waals surface area contributed by atoms with E-state index in [1.165, 1.54) is 0 Å². The topological polar surface area (TPSA) is 64.4 Å². The highest BCUT2D eigenvalue weighted by atomic mass is 16.5. The largest absolute Gasteiger partial charge is 0.484 e. The average Bonchev–Trinajstić information content (AvgIpc) is 2.85. The number of aromatic nitrogens is 1. The fraction of sp³-hybridized carbons (Fsp3) is 0.125. The molecule has 21 heavy (non-hydrogen) atoms. The molecule has 0 spiro atoms. The summed E-state index contributed by atoms with van der Waals surface area (Å²) < 4.78 is 10.8. The smallest absolute Gasteiger partial charge is 0.262 e. The monoisotopic (exact) mass is 282 g/mol. The van der Waals surface area contributed by atoms with Gasteiger partial charge in [0.15, 0.2) is 18.1 Å². The van der Waals surface area contributed by atoms with Crippen molar-refractivity contribution < 1.29 is 13.9 Å². The molecule has 0 atom stereocenters. The summed E-state index contributed by atoms with van der Waals surface area (Å²) in [5.74, 6) is 1.04. The van der Waals surface area contributed by atoms with Crippen molar-refractivity contribution in [2.24, 2.45) is 0 Å². The van der Waals surface area contributed by atoms with Crippen molar-refractivity contribution in [1.29, 1.82) is 0 Å². The number of para-hydroxylation sites is 1. The number of amides is 1. The highest BCUT2D eigenvalue weighted by Crippen LogP contribution is 2.19. The number of benzene rings is 2. The Balaban J connectivity index is 1.63. The van der Waals surface area contributed by atoms with E-state index in [0.29, 0.717) is 28.4 Å². The Morgan fingerprint density at radius 3 is 2.86 bits per heavy atom. The van der Waals surface area contributed by atoms with E-state index in [4.69, 9.17) is 9.15 Å². The minimum Gasteiger partial charge on any atom is -0.484 e. The van der Waals surface area contributed by atoms with E-state index in [1.807, 2.05) is 18.2 Å². The summed E-state index contributed by atoms with van der Waals surface area (Å²) in [6.45, 7) is 1.74. The van der Waals surface area contributed by atoms with Crippen molar-refractivity contribution >= 4 is 22.7 Å². The van der Waals surface area contributed by atoms with E-state index in [0.717, 1.165) is 0 Å². The molecule has 0 bridgehead atoms. The van der Waals surface area contributed by atoms with E-state index in [9.17, 15) is 4.79 Å². The van der Waals surface area contributed by atoms with Gasteiger partial charge in [-0.2, -0.15) is 0 Å². The quantitative estimate of drug-likeness (QED) is 0.798. The molecule has 0 unspecified atom stereocenters. The molecule has 1 aromatic heterocycles. The number of fused-ring (bicyclic) bond motifs is 1. The van der Waals surface area contributed by atoms with Crippen LogP contribution in [0.25, 0.3) is 11.1 Å². The fourth-order valence-electron chi connectivity index (χ4n) is 1.98. The van der Waals surface area contributed by atoms with Gasteiger partial charge < -0.3 is 14.5 Å². The standard InChI is InChI=1S/C16H14N2O3/c1-11-17-14-9-12(7-8-15(14)21-11)18-16(19)10-20-13-5-3-2-4-6-13/h2-9H,10H2,1H3,(H,18,19). The summed E-state index contributed by atoms with van der Waals surface area (Å²) in [5, 5.41) is 2.77. The molecule has 1 N–H and O–H groups in total. The maximum atomic E-state index is 11.8. The Labute approximate surface area is 121 Å². The number of nitrogens with one attached hydrogen (secondary N) is 1. The van der Waals surface area contributed by atoms with Gasteiger partial charge in [0, 0.05) is 12.6 Å². The SMILES string of the molecule is Cc1nc2cc(NC(=O)COc3ccccc3)ccc2o1. The first-order valence-electron chi connectivity index (χ1n) is 6.55. The minimum atomic E-state index is -0.224. The van der Waals surface area contributed by atoms with Crippen molar-refractivity contribution in [3.8, 4) is 5.75 Å². The maximum absolute atomic E-state index is 11.8. The number of carbonyl (C=O) groups is 1. The molecular weight excluding hydrogens is 268 g/mol. The third kappa shape index (κ3) is 3.20. The van der Waals surface area contributed by atoms with Crippen LogP contribution in [0.3, 0.4) is 0 Å². The van der Waals surface area contributed by atoms with Crippen molar-refractivity contribution in [2.75, 3.05) is 11.9 Å². The number of ether oxygens (including phenoxy) is 1. The van der Waals surface area contributed by atoms with E-state index in [2.05, 4.69) is 10.3 Å². The molecule has 0 fully saturated rings. The second-order valence-corrected chi connectivity index (χ2v) is 4.57. The molecule has 3 rings (SSSR count). The summed E-state index contributed by atoms with van der Waals surface area (Å²) in [6, 6.07) is 14.5. The Morgan fingerprint density at radius 2 is 2.05 bits per heavy atom. The van der Waals surface area contributed by atoms with Gasteiger partial charge in [0.25, 0.3) is 5.91 Å². The van der Waals surface area contributed by atoms with E-state index in [-0.39, 0.29) is 12.5 Å². The Bertz CT molecular complexity index is 766. The number of aryl methyl sites for hydroxylation is 1. The van der Waals surface area contributed by atoms with Crippen LogP contribution in [0.2, 0.25) is 0 Å². The summed E-state index contributed by atoms with van der Waals surface area (Å²) in [6.07, 6.45) is 0. The normalized spacial score (nSPS) is 10.5. The molecule has 0 saturated carbocycles. The summed E-state index contributed by atoms with van der Waals surface area (Å²) in [7, 11) is 0. The van der Waals surface area contributed by atoms with Gasteiger partial charge in [-0.05, 0) is 30.3 Å². The number of carbonyl (C=O) groups excluding carboxylic acids is 1. The number of hydrogen-bond acceptors (Lipinski definition) is 4. The molecule has 2 aromatic carbocycles. The number of nitrogens with zero attached hydrogens (tertiary/aromatic N) is 1. The minimum absolute atomic E-state index is 0.0418. The summed E-state index contributed by atoms with van der Waals surface area (Å²) >= 11 is 0. The first kappa shape index (κ1) is 13.2. The van der Waals surface area contributed by atoms with Crippen molar-refractivity contribution in [3.05, 3.63) is 54.4 Å². The highest BCUT2D eigenvalue weighted by molar-refractivity contribution is 5.93. The highest BCUT2D eigenvalue weighted by Gasteiger charge is 2.07. The average molecular weight is 282 g/mol. The number of anilines is 1. The summed E-state index contributed by atoms with van der Waals surface area (Å²) in [5.41, 5.74) is 2.08. The van der Waals surface area contributed by atoms with E-state index in [1.54, 1.807) is 37.3 Å². The predicted molar refractivity (Wildman–Crippen MR) is 79.3 cm³/mol. The first-order valence-corrected chi connectivity index (χ1v) is 6.55. The molecule has 3 aromatic rings. The molecule has 0 aliphatic carbocycles. The fourth-order valence-corrected chi connectivity index (χ4v) is 1.98. The molecule has 5 nitrogen and oxygen atoms in total. The predicted octanol–water partition coefficient (Wildman–Crippen LogP) is 3.15. The van der Waals surface area contributed by atoms with Crippen LogP contribution in [0.5, 0.6) is 5.75 Å². The maximum Gasteiger partial charge on any atom is 0.262 e. The van der Waals surface area contributed by atoms with E-state index >= 15 is 0 Å². The molecule has 5 heteroatoms. The van der Waals surface area contributed by atoms with Gasteiger partial charge in [0.2, 0.25) is 0 Å². The molecule has 1 heterocycles. The van der Waals surface area contributed by atoms with Crippen molar-refractivity contribution in [3.63, 3.8) is 0 Å². The lowest BCUT2D eigenvalue weighted by Gasteiger charge is -2.07. The molecule has 0 aliphatic rings. The van der Waals surface area contributed by atoms with Crippen LogP contribution in [0.1, 0.15) is 5.89 Å². The lowest BCUT2D eigenvalue weighted by Crippen LogP contribution is -2.20. The lowest BCUT2D eigenvalue weighted by molar-refractivity contribution is -0.118.